The lowest BCUT2D eigenvalue weighted by molar-refractivity contribution is 0.412. The van der Waals surface area contributed by atoms with Crippen LogP contribution < -0.4 is 5.32 Å². The molecule has 1 heterocycles. The predicted molar refractivity (Wildman–Crippen MR) is 54.8 cm³/mol. The van der Waals surface area contributed by atoms with Gasteiger partial charge < -0.3 is 9.73 Å². The predicted octanol–water partition coefficient (Wildman–Crippen LogP) is 2.90. The second kappa shape index (κ2) is 5.07. The summed E-state index contributed by atoms with van der Waals surface area (Å²) in [7, 11) is 1.93. The van der Waals surface area contributed by atoms with Crippen LogP contribution in [0.1, 0.15) is 44.1 Å². The van der Waals surface area contributed by atoms with Gasteiger partial charge in [0.2, 0.25) is 0 Å². The monoisotopic (exact) mass is 181 g/mol. The smallest absolute Gasteiger partial charge is 0.117 e. The van der Waals surface area contributed by atoms with Crippen molar-refractivity contribution in [3.63, 3.8) is 0 Å². The summed E-state index contributed by atoms with van der Waals surface area (Å²) >= 11 is 0. The maximum Gasteiger partial charge on any atom is 0.117 e. The molecule has 0 atom stereocenters. The van der Waals surface area contributed by atoms with E-state index in [1.807, 2.05) is 7.05 Å². The molecule has 0 bridgehead atoms. The number of hydrogen-bond acceptors (Lipinski definition) is 2. The third kappa shape index (κ3) is 2.59. The molecular formula is C11H19NO. The van der Waals surface area contributed by atoms with Gasteiger partial charge in [-0.05, 0) is 32.0 Å². The Morgan fingerprint density at radius 3 is 2.54 bits per heavy atom. The first-order chi connectivity index (χ1) is 6.31. The molecule has 0 unspecified atom stereocenters. The largest absolute Gasteiger partial charge is 0.464 e. The van der Waals surface area contributed by atoms with E-state index in [-0.39, 0.29) is 0 Å². The van der Waals surface area contributed by atoms with E-state index in [0.717, 1.165) is 30.9 Å². The van der Waals surface area contributed by atoms with E-state index in [1.165, 1.54) is 0 Å². The Labute approximate surface area is 80.3 Å². The van der Waals surface area contributed by atoms with Crippen LogP contribution in [0.4, 0.5) is 0 Å². The normalized spacial score (nSPS) is 11.1. The molecule has 0 saturated carbocycles. The lowest BCUT2D eigenvalue weighted by atomic mass is 10.0. The fraction of sp³-hybridized carbons (Fsp3) is 0.636. The van der Waals surface area contributed by atoms with Crippen molar-refractivity contribution in [3.8, 4) is 0 Å². The highest BCUT2D eigenvalue weighted by Crippen LogP contribution is 2.24. The van der Waals surface area contributed by atoms with Gasteiger partial charge in [-0.3, -0.25) is 0 Å². The number of hydrogen-bond donors (Lipinski definition) is 1. The van der Waals surface area contributed by atoms with Crippen molar-refractivity contribution in [1.29, 1.82) is 0 Å². The molecule has 1 N–H and O–H groups in total. The van der Waals surface area contributed by atoms with Crippen LogP contribution >= 0.6 is 0 Å². The number of rotatable bonds is 5. The third-order valence-electron chi connectivity index (χ3n) is 2.42. The fourth-order valence-electron chi connectivity index (χ4n) is 1.57. The molecule has 0 radical (unpaired) electrons. The molecule has 1 aromatic heterocycles. The lowest BCUT2D eigenvalue weighted by Gasteiger charge is -2.07. The minimum atomic E-state index is 0.589. The van der Waals surface area contributed by atoms with Crippen LogP contribution in [0.3, 0.4) is 0 Å². The quantitative estimate of drug-likeness (QED) is 0.755. The van der Waals surface area contributed by atoms with Crippen molar-refractivity contribution in [2.45, 2.75) is 39.2 Å². The van der Waals surface area contributed by atoms with Crippen molar-refractivity contribution in [2.75, 3.05) is 7.05 Å². The van der Waals surface area contributed by atoms with Crippen molar-refractivity contribution >= 4 is 0 Å². The molecule has 0 spiro atoms. The molecular weight excluding hydrogens is 162 g/mol. The lowest BCUT2D eigenvalue weighted by Crippen LogP contribution is -2.03. The molecule has 13 heavy (non-hydrogen) atoms. The van der Waals surface area contributed by atoms with Gasteiger partial charge in [-0.15, -0.1) is 0 Å². The molecule has 0 fully saturated rings. The van der Waals surface area contributed by atoms with E-state index in [2.05, 4.69) is 31.3 Å². The summed E-state index contributed by atoms with van der Waals surface area (Å²) in [5.74, 6) is 2.75. The Morgan fingerprint density at radius 2 is 2.00 bits per heavy atom. The van der Waals surface area contributed by atoms with E-state index in [9.17, 15) is 0 Å². The zero-order valence-corrected chi connectivity index (χ0v) is 8.76. The molecule has 74 valence electrons. The van der Waals surface area contributed by atoms with Gasteiger partial charge in [0.15, 0.2) is 0 Å². The number of furan rings is 1. The average Bonchev–Trinajstić information content (AvgIpc) is 2.56. The molecule has 1 aromatic rings. The van der Waals surface area contributed by atoms with Crippen LogP contribution in [0.25, 0.3) is 0 Å². The highest BCUT2D eigenvalue weighted by Gasteiger charge is 2.10. The van der Waals surface area contributed by atoms with E-state index in [0.29, 0.717) is 5.92 Å². The molecule has 2 nitrogen and oxygen atoms in total. The average molecular weight is 181 g/mol. The van der Waals surface area contributed by atoms with Crippen LogP contribution in [0.2, 0.25) is 0 Å². The van der Waals surface area contributed by atoms with Gasteiger partial charge in [-0.1, -0.05) is 13.8 Å². The first-order valence-corrected chi connectivity index (χ1v) is 5.05. The van der Waals surface area contributed by atoms with Gasteiger partial charge in [-0.25, -0.2) is 0 Å². The van der Waals surface area contributed by atoms with Crippen molar-refractivity contribution in [3.05, 3.63) is 23.7 Å². The van der Waals surface area contributed by atoms with E-state index < -0.39 is 0 Å². The summed E-state index contributed by atoms with van der Waals surface area (Å²) in [5.41, 5.74) is 0. The summed E-state index contributed by atoms with van der Waals surface area (Å²) in [6, 6.07) is 4.16. The maximum absolute atomic E-state index is 5.71. The Hall–Kier alpha value is -0.760. The Bertz CT molecular complexity index is 238. The molecule has 0 amide bonds. The van der Waals surface area contributed by atoms with Crippen molar-refractivity contribution in [1.82, 2.24) is 5.32 Å². The van der Waals surface area contributed by atoms with Gasteiger partial charge in [0.25, 0.3) is 0 Å². The summed E-state index contributed by atoms with van der Waals surface area (Å²) in [4.78, 5) is 0. The van der Waals surface area contributed by atoms with Gasteiger partial charge >= 0.3 is 0 Å². The van der Waals surface area contributed by atoms with E-state index >= 15 is 0 Å². The SMILES string of the molecule is CCC(CC)c1ccc(CNC)o1. The zero-order valence-electron chi connectivity index (χ0n) is 8.76. The standard InChI is InChI=1S/C11H19NO/c1-4-9(5-2)11-7-6-10(13-11)8-12-3/h6-7,9,12H,4-5,8H2,1-3H3. The first kappa shape index (κ1) is 10.3. The molecule has 0 aliphatic rings. The van der Waals surface area contributed by atoms with E-state index in [4.69, 9.17) is 4.42 Å². The van der Waals surface area contributed by atoms with Gasteiger partial charge in [0.1, 0.15) is 11.5 Å². The zero-order chi connectivity index (χ0) is 9.68. The van der Waals surface area contributed by atoms with Crippen molar-refractivity contribution in [2.24, 2.45) is 0 Å². The second-order valence-electron chi connectivity index (χ2n) is 3.35. The van der Waals surface area contributed by atoms with Gasteiger partial charge in [0.05, 0.1) is 6.54 Å². The van der Waals surface area contributed by atoms with Crippen LogP contribution in [0, 0.1) is 0 Å². The molecule has 2 heteroatoms. The molecule has 0 saturated heterocycles. The second-order valence-corrected chi connectivity index (χ2v) is 3.35. The topological polar surface area (TPSA) is 25.2 Å². The summed E-state index contributed by atoms with van der Waals surface area (Å²) < 4.78 is 5.71. The summed E-state index contributed by atoms with van der Waals surface area (Å²) in [6.07, 6.45) is 2.31. The van der Waals surface area contributed by atoms with Crippen LogP contribution in [-0.4, -0.2) is 7.05 Å². The van der Waals surface area contributed by atoms with E-state index in [1.54, 1.807) is 0 Å². The van der Waals surface area contributed by atoms with Crippen LogP contribution in [-0.2, 0) is 6.54 Å². The molecule has 0 aliphatic heterocycles. The Balaban J connectivity index is 2.66. The van der Waals surface area contributed by atoms with Crippen molar-refractivity contribution < 1.29 is 4.42 Å². The minimum absolute atomic E-state index is 0.589. The fourth-order valence-corrected chi connectivity index (χ4v) is 1.57. The van der Waals surface area contributed by atoms with Crippen LogP contribution in [0.15, 0.2) is 16.5 Å². The summed E-state index contributed by atoms with van der Waals surface area (Å²) in [5, 5.41) is 3.08. The molecule has 0 aliphatic carbocycles. The molecule has 0 aromatic carbocycles. The highest BCUT2D eigenvalue weighted by atomic mass is 16.3. The summed E-state index contributed by atoms with van der Waals surface area (Å²) in [6.45, 7) is 5.23. The third-order valence-corrected chi connectivity index (χ3v) is 2.42. The van der Waals surface area contributed by atoms with Gasteiger partial charge in [-0.2, -0.15) is 0 Å². The highest BCUT2D eigenvalue weighted by molar-refractivity contribution is 5.11. The maximum atomic E-state index is 5.71. The first-order valence-electron chi connectivity index (χ1n) is 5.05. The van der Waals surface area contributed by atoms with Crippen LogP contribution in [0.5, 0.6) is 0 Å². The Morgan fingerprint density at radius 1 is 1.31 bits per heavy atom. The van der Waals surface area contributed by atoms with Gasteiger partial charge in [0, 0.05) is 5.92 Å². The molecule has 1 rings (SSSR count). The number of nitrogens with one attached hydrogen (secondary N) is 1. The Kier molecular flexibility index (Phi) is 4.03. The minimum Gasteiger partial charge on any atom is -0.464 e.